The van der Waals surface area contributed by atoms with Crippen molar-refractivity contribution in [3.63, 3.8) is 0 Å². The molecule has 5 rings (SSSR count). The number of hydrogen-bond acceptors (Lipinski definition) is 6. The lowest BCUT2D eigenvalue weighted by Crippen LogP contribution is -2.46. The van der Waals surface area contributed by atoms with E-state index in [1.807, 2.05) is 73.0 Å². The van der Waals surface area contributed by atoms with E-state index >= 15 is 0 Å². The number of aromatic nitrogens is 1. The summed E-state index contributed by atoms with van der Waals surface area (Å²) in [7, 11) is 0. The van der Waals surface area contributed by atoms with E-state index in [-0.39, 0.29) is 12.5 Å². The molecule has 0 N–H and O–H groups in total. The van der Waals surface area contributed by atoms with Crippen LogP contribution in [0, 0.1) is 0 Å². The first-order valence-corrected chi connectivity index (χ1v) is 11.9. The van der Waals surface area contributed by atoms with Crippen LogP contribution in [0.15, 0.2) is 77.7 Å². The predicted molar refractivity (Wildman–Crippen MR) is 125 cm³/mol. The maximum atomic E-state index is 13.6. The average molecular weight is 449 g/mol. The molecule has 0 saturated heterocycles. The number of fused-ring (bicyclic) bond motifs is 2. The molecule has 0 spiro atoms. The number of carbonyl (C=O) groups excluding carboxylic acids is 1. The van der Waals surface area contributed by atoms with Gasteiger partial charge in [0.25, 0.3) is 5.91 Å². The first-order valence-electron chi connectivity index (χ1n) is 9.90. The van der Waals surface area contributed by atoms with Crippen LogP contribution >= 0.6 is 23.1 Å². The van der Waals surface area contributed by atoms with Gasteiger partial charge in [0.2, 0.25) is 6.10 Å². The average Bonchev–Trinajstić information content (AvgIpc) is 3.26. The molecule has 1 amide bonds. The fraction of sp³-hybridized carbons (Fsp3) is 0.167. The number of amides is 1. The molecule has 2 heterocycles. The molecule has 156 valence electrons. The lowest BCUT2D eigenvalue weighted by atomic mass is 10.2. The lowest BCUT2D eigenvalue weighted by molar-refractivity contribution is -0.127. The Kier molecular flexibility index (Phi) is 5.53. The Morgan fingerprint density at radius 1 is 1.06 bits per heavy atom. The van der Waals surface area contributed by atoms with Gasteiger partial charge in [0, 0.05) is 4.90 Å². The number of ether oxygens (including phenoxy) is 2. The molecular weight excluding hydrogens is 428 g/mol. The van der Waals surface area contributed by atoms with Crippen LogP contribution in [-0.4, -0.2) is 29.9 Å². The SMILES string of the molecule is CSc1cccc2sc(N(Cc3ccccc3)C(=O)C3COc4ccccc4O3)nc12. The zero-order valence-corrected chi connectivity index (χ0v) is 18.5. The number of anilines is 1. The first kappa shape index (κ1) is 19.9. The quantitative estimate of drug-likeness (QED) is 0.383. The summed E-state index contributed by atoms with van der Waals surface area (Å²) in [4.78, 5) is 21.3. The molecule has 0 bridgehead atoms. The highest BCUT2D eigenvalue weighted by atomic mass is 32.2. The summed E-state index contributed by atoms with van der Waals surface area (Å²) in [6.07, 6.45) is 1.30. The second-order valence-corrected chi connectivity index (χ2v) is 8.93. The van der Waals surface area contributed by atoms with Gasteiger partial charge in [-0.1, -0.05) is 59.9 Å². The fourth-order valence-corrected chi connectivity index (χ4v) is 5.14. The minimum absolute atomic E-state index is 0.164. The van der Waals surface area contributed by atoms with Crippen molar-refractivity contribution in [2.45, 2.75) is 17.5 Å². The molecule has 1 aliphatic heterocycles. The maximum absolute atomic E-state index is 13.6. The van der Waals surface area contributed by atoms with Crippen molar-refractivity contribution < 1.29 is 14.3 Å². The Hall–Kier alpha value is -3.03. The fourth-order valence-electron chi connectivity index (χ4n) is 3.51. The second-order valence-electron chi connectivity index (χ2n) is 7.08. The molecule has 0 saturated carbocycles. The smallest absolute Gasteiger partial charge is 0.273 e. The third-order valence-electron chi connectivity index (χ3n) is 5.06. The summed E-state index contributed by atoms with van der Waals surface area (Å²) >= 11 is 3.17. The summed E-state index contributed by atoms with van der Waals surface area (Å²) in [5.41, 5.74) is 1.95. The van der Waals surface area contributed by atoms with E-state index in [0.717, 1.165) is 20.7 Å². The molecule has 7 heteroatoms. The second kappa shape index (κ2) is 8.61. The molecule has 1 aliphatic rings. The summed E-state index contributed by atoms with van der Waals surface area (Å²) in [6, 6.07) is 23.5. The first-order chi connectivity index (χ1) is 15.2. The third kappa shape index (κ3) is 3.98. The number of hydrogen-bond donors (Lipinski definition) is 0. The van der Waals surface area contributed by atoms with Crippen LogP contribution in [-0.2, 0) is 11.3 Å². The Morgan fingerprint density at radius 2 is 1.84 bits per heavy atom. The van der Waals surface area contributed by atoms with Gasteiger partial charge >= 0.3 is 0 Å². The minimum Gasteiger partial charge on any atom is -0.485 e. The monoisotopic (exact) mass is 448 g/mol. The molecule has 1 atom stereocenters. The number of thiazole rings is 1. The molecule has 1 aromatic heterocycles. The van der Waals surface area contributed by atoms with Gasteiger partial charge in [-0.05, 0) is 36.1 Å². The van der Waals surface area contributed by atoms with Gasteiger partial charge in [0.05, 0.1) is 16.8 Å². The molecule has 0 aliphatic carbocycles. The highest BCUT2D eigenvalue weighted by Crippen LogP contribution is 2.36. The van der Waals surface area contributed by atoms with Crippen molar-refractivity contribution in [2.24, 2.45) is 0 Å². The Bertz CT molecular complexity index is 1230. The largest absolute Gasteiger partial charge is 0.485 e. The van der Waals surface area contributed by atoms with Crippen molar-refractivity contribution >= 4 is 44.4 Å². The molecule has 1 unspecified atom stereocenters. The summed E-state index contributed by atoms with van der Waals surface area (Å²) < 4.78 is 12.9. The van der Waals surface area contributed by atoms with Crippen LogP contribution in [0.4, 0.5) is 5.13 Å². The van der Waals surface area contributed by atoms with E-state index in [0.29, 0.717) is 23.2 Å². The Balaban J connectivity index is 1.51. The standard InChI is InChI=1S/C24H20N2O3S2/c1-30-20-12-7-13-21-22(20)25-24(31-21)26(14-16-8-3-2-4-9-16)23(27)19-15-28-17-10-5-6-11-18(17)29-19/h2-13,19H,14-15H2,1H3. The summed E-state index contributed by atoms with van der Waals surface area (Å²) in [6.45, 7) is 0.581. The van der Waals surface area contributed by atoms with E-state index in [9.17, 15) is 4.79 Å². The number of carbonyl (C=O) groups is 1. The van der Waals surface area contributed by atoms with Crippen LogP contribution in [0.5, 0.6) is 11.5 Å². The Morgan fingerprint density at radius 3 is 2.65 bits per heavy atom. The summed E-state index contributed by atoms with van der Waals surface area (Å²) in [5.74, 6) is 1.08. The number of nitrogens with zero attached hydrogens (tertiary/aromatic N) is 2. The van der Waals surface area contributed by atoms with Crippen molar-refractivity contribution in [2.75, 3.05) is 17.8 Å². The van der Waals surface area contributed by atoms with Gasteiger partial charge in [0.1, 0.15) is 6.61 Å². The zero-order chi connectivity index (χ0) is 21.2. The highest BCUT2D eigenvalue weighted by molar-refractivity contribution is 7.98. The lowest BCUT2D eigenvalue weighted by Gasteiger charge is -2.29. The van der Waals surface area contributed by atoms with E-state index in [1.165, 1.54) is 11.3 Å². The summed E-state index contributed by atoms with van der Waals surface area (Å²) in [5, 5.41) is 0.660. The van der Waals surface area contributed by atoms with Crippen molar-refractivity contribution in [1.29, 1.82) is 0 Å². The van der Waals surface area contributed by atoms with E-state index < -0.39 is 6.10 Å². The van der Waals surface area contributed by atoms with Crippen LogP contribution in [0.25, 0.3) is 10.2 Å². The van der Waals surface area contributed by atoms with Crippen molar-refractivity contribution in [3.05, 3.63) is 78.4 Å². The number of rotatable bonds is 5. The normalized spacial score (nSPS) is 15.1. The number of thioether (sulfide) groups is 1. The van der Waals surface area contributed by atoms with Crippen LogP contribution in [0.3, 0.4) is 0 Å². The predicted octanol–water partition coefficient (Wildman–Crippen LogP) is 5.39. The van der Waals surface area contributed by atoms with Gasteiger partial charge in [-0.15, -0.1) is 11.8 Å². The molecule has 3 aromatic carbocycles. The Labute approximate surface area is 188 Å². The molecule has 31 heavy (non-hydrogen) atoms. The van der Waals surface area contributed by atoms with Gasteiger partial charge in [-0.2, -0.15) is 0 Å². The highest BCUT2D eigenvalue weighted by Gasteiger charge is 2.33. The van der Waals surface area contributed by atoms with Crippen molar-refractivity contribution in [3.8, 4) is 11.5 Å². The van der Waals surface area contributed by atoms with Gasteiger partial charge < -0.3 is 9.47 Å². The van der Waals surface area contributed by atoms with E-state index in [4.69, 9.17) is 14.5 Å². The van der Waals surface area contributed by atoms with Crippen LogP contribution in [0.1, 0.15) is 5.56 Å². The van der Waals surface area contributed by atoms with Crippen LogP contribution in [0.2, 0.25) is 0 Å². The van der Waals surface area contributed by atoms with E-state index in [2.05, 4.69) is 6.07 Å². The molecule has 4 aromatic rings. The molecule has 0 fully saturated rings. The van der Waals surface area contributed by atoms with Gasteiger partial charge in [0.15, 0.2) is 16.6 Å². The zero-order valence-electron chi connectivity index (χ0n) is 16.9. The maximum Gasteiger partial charge on any atom is 0.273 e. The van der Waals surface area contributed by atoms with Crippen LogP contribution < -0.4 is 14.4 Å². The van der Waals surface area contributed by atoms with Crippen molar-refractivity contribution in [1.82, 2.24) is 4.98 Å². The van der Waals surface area contributed by atoms with E-state index in [1.54, 1.807) is 16.7 Å². The third-order valence-corrected chi connectivity index (χ3v) is 6.87. The van der Waals surface area contributed by atoms with Gasteiger partial charge in [-0.25, -0.2) is 4.98 Å². The molecular formula is C24H20N2O3S2. The van der Waals surface area contributed by atoms with Gasteiger partial charge in [-0.3, -0.25) is 9.69 Å². The number of benzene rings is 3. The molecule has 0 radical (unpaired) electrons. The topological polar surface area (TPSA) is 51.7 Å². The number of para-hydroxylation sites is 3. The minimum atomic E-state index is -0.731. The molecule has 5 nitrogen and oxygen atoms in total.